The molecule has 0 aliphatic rings. The first kappa shape index (κ1) is 5.98. The zero-order chi connectivity index (χ0) is 4.83. The van der Waals surface area contributed by atoms with Gasteiger partial charge in [-0.2, -0.15) is 0 Å². The van der Waals surface area contributed by atoms with Gasteiger partial charge in [-0.15, -0.1) is 0 Å². The molecule has 0 unspecified atom stereocenters. The maximum atomic E-state index is 7.92. The molecule has 0 aromatic carbocycles. The highest BCUT2D eigenvalue weighted by Gasteiger charge is 1.73. The van der Waals surface area contributed by atoms with E-state index in [1.54, 1.807) is 0 Å². The number of aliphatic hydroxyl groups is 1. The van der Waals surface area contributed by atoms with Crippen LogP contribution in [0, 0.1) is 0 Å². The molecule has 0 saturated heterocycles. The molecule has 34 valence electrons. The van der Waals surface area contributed by atoms with Gasteiger partial charge < -0.3 is 9.84 Å². The van der Waals surface area contributed by atoms with Crippen LogP contribution in [0.2, 0.25) is 6.32 Å². The molecule has 0 heterocycles. The molecule has 1 N–H and O–H groups in total. The molecule has 0 fully saturated rings. The van der Waals surface area contributed by atoms with Gasteiger partial charge in [-0.1, -0.05) is 6.32 Å². The van der Waals surface area contributed by atoms with E-state index in [1.807, 2.05) is 0 Å². The van der Waals surface area contributed by atoms with Crippen molar-refractivity contribution in [1.82, 2.24) is 0 Å². The first-order valence-electron chi connectivity index (χ1n) is 1.80. The first-order valence-corrected chi connectivity index (χ1v) is 1.80. The van der Waals surface area contributed by atoms with Gasteiger partial charge in [0, 0.05) is 6.61 Å². The summed E-state index contributed by atoms with van der Waals surface area (Å²) in [6, 6.07) is 0. The summed E-state index contributed by atoms with van der Waals surface area (Å²) in [7, 11) is 4.98. The summed E-state index contributed by atoms with van der Waals surface area (Å²) >= 11 is 0. The zero-order valence-electron chi connectivity index (χ0n) is 3.55. The lowest BCUT2D eigenvalue weighted by Crippen LogP contribution is -1.92. The van der Waals surface area contributed by atoms with Gasteiger partial charge >= 0.3 is 0 Å². The summed E-state index contributed by atoms with van der Waals surface area (Å²) in [5, 5.41) is 7.92. The second kappa shape index (κ2) is 4.98. The Morgan fingerprint density at radius 3 is 2.50 bits per heavy atom. The van der Waals surface area contributed by atoms with Crippen molar-refractivity contribution < 1.29 is 9.84 Å². The molecule has 0 atom stereocenters. The third kappa shape index (κ3) is 3.98. The Hall–Kier alpha value is -0.0151. The minimum Gasteiger partial charge on any atom is -0.371 e. The number of ether oxygens (including phenoxy) is 1. The van der Waals surface area contributed by atoms with Crippen molar-refractivity contribution in [1.29, 1.82) is 0 Å². The fourth-order valence-electron chi connectivity index (χ4n) is 0.148. The Labute approximate surface area is 38.5 Å². The second-order valence-corrected chi connectivity index (χ2v) is 0.826. The van der Waals surface area contributed by atoms with Crippen LogP contribution in [-0.4, -0.2) is 26.4 Å². The van der Waals surface area contributed by atoms with Crippen molar-refractivity contribution in [2.75, 3.05) is 13.4 Å². The van der Waals surface area contributed by atoms with E-state index in [1.165, 1.54) is 0 Å². The van der Waals surface area contributed by atoms with Crippen molar-refractivity contribution >= 4 is 7.85 Å². The van der Waals surface area contributed by atoms with Gasteiger partial charge in [0.25, 0.3) is 0 Å². The minimum atomic E-state index is -0.225. The summed E-state index contributed by atoms with van der Waals surface area (Å²) in [5.41, 5.74) is 0. The maximum absolute atomic E-state index is 7.92. The zero-order valence-corrected chi connectivity index (χ0v) is 3.55. The topological polar surface area (TPSA) is 29.5 Å². The molecule has 0 saturated carbocycles. The van der Waals surface area contributed by atoms with Crippen molar-refractivity contribution in [3.05, 3.63) is 0 Å². The van der Waals surface area contributed by atoms with E-state index in [-0.39, 0.29) is 6.79 Å². The molecule has 0 aliphatic heterocycles. The highest BCUT2D eigenvalue weighted by Crippen LogP contribution is 1.71. The van der Waals surface area contributed by atoms with Crippen LogP contribution < -0.4 is 0 Å². The van der Waals surface area contributed by atoms with Crippen LogP contribution in [0.5, 0.6) is 0 Å². The lowest BCUT2D eigenvalue weighted by molar-refractivity contribution is 0.00558. The molecule has 0 amide bonds. The smallest absolute Gasteiger partial charge is 0.143 e. The van der Waals surface area contributed by atoms with Crippen LogP contribution in [0.4, 0.5) is 0 Å². The van der Waals surface area contributed by atoms with E-state index >= 15 is 0 Å². The van der Waals surface area contributed by atoms with E-state index in [0.717, 1.165) is 0 Å². The van der Waals surface area contributed by atoms with E-state index in [4.69, 9.17) is 13.0 Å². The Kier molecular flexibility index (Phi) is 4.97. The van der Waals surface area contributed by atoms with E-state index in [0.29, 0.717) is 12.9 Å². The fourth-order valence-corrected chi connectivity index (χ4v) is 0.148. The number of rotatable bonds is 3. The summed E-state index contributed by atoms with van der Waals surface area (Å²) < 4.78 is 4.41. The van der Waals surface area contributed by atoms with Crippen LogP contribution in [0.3, 0.4) is 0 Å². The Morgan fingerprint density at radius 1 is 1.67 bits per heavy atom. The minimum absolute atomic E-state index is 0.225. The van der Waals surface area contributed by atoms with Gasteiger partial charge in [0.2, 0.25) is 0 Å². The third-order valence-electron chi connectivity index (χ3n) is 0.353. The predicted molar refractivity (Wildman–Crippen MR) is 23.6 cm³/mol. The van der Waals surface area contributed by atoms with E-state index in [2.05, 4.69) is 4.74 Å². The van der Waals surface area contributed by atoms with Gasteiger partial charge in [0.05, 0.1) is 7.85 Å². The molecule has 2 radical (unpaired) electrons. The number of hydrogen-bond acceptors (Lipinski definition) is 2. The normalized spacial score (nSPS) is 8.83. The molecule has 0 rings (SSSR count). The van der Waals surface area contributed by atoms with Crippen LogP contribution in [0.15, 0.2) is 0 Å². The molecular formula is C3H7BO2. The molecule has 0 aromatic rings. The second-order valence-electron chi connectivity index (χ2n) is 0.826. The van der Waals surface area contributed by atoms with Crippen LogP contribution in [-0.2, 0) is 4.74 Å². The molecular weight excluding hydrogens is 78.8 g/mol. The van der Waals surface area contributed by atoms with Crippen LogP contribution >= 0.6 is 0 Å². The summed E-state index contributed by atoms with van der Waals surface area (Å²) in [5.74, 6) is 0. The van der Waals surface area contributed by atoms with E-state index in [9.17, 15) is 0 Å². The molecule has 0 aliphatic carbocycles. The van der Waals surface area contributed by atoms with Crippen LogP contribution in [0.1, 0.15) is 0 Å². The highest BCUT2D eigenvalue weighted by molar-refractivity contribution is 6.08. The van der Waals surface area contributed by atoms with Crippen molar-refractivity contribution in [2.45, 2.75) is 6.32 Å². The first-order chi connectivity index (χ1) is 2.91. The fraction of sp³-hybridized carbons (Fsp3) is 1.00. The van der Waals surface area contributed by atoms with Crippen LogP contribution in [0.25, 0.3) is 0 Å². The standard InChI is InChI=1S/C3H7BO2/c4-1-2-6-3-5/h5H,1-3H2. The monoisotopic (exact) mass is 86.1 g/mol. The average Bonchev–Trinajstić information content (AvgIpc) is 1.61. The number of hydrogen-bond donors (Lipinski definition) is 1. The van der Waals surface area contributed by atoms with Gasteiger partial charge in [0.1, 0.15) is 6.79 Å². The maximum Gasteiger partial charge on any atom is 0.143 e. The average molecular weight is 85.9 g/mol. The SMILES string of the molecule is [B]CCOCO. The summed E-state index contributed by atoms with van der Waals surface area (Å²) in [6.07, 6.45) is 0.473. The number of aliphatic hydroxyl groups excluding tert-OH is 1. The molecule has 0 aromatic heterocycles. The highest BCUT2D eigenvalue weighted by atomic mass is 16.6. The quantitative estimate of drug-likeness (QED) is 0.286. The van der Waals surface area contributed by atoms with Gasteiger partial charge in [-0.25, -0.2) is 0 Å². The van der Waals surface area contributed by atoms with Gasteiger partial charge in [-0.05, 0) is 0 Å². The lowest BCUT2D eigenvalue weighted by Gasteiger charge is -1.91. The van der Waals surface area contributed by atoms with Crippen molar-refractivity contribution in [2.24, 2.45) is 0 Å². The van der Waals surface area contributed by atoms with Gasteiger partial charge in [-0.3, -0.25) is 0 Å². The Balaban J connectivity index is 2.34. The van der Waals surface area contributed by atoms with Crippen molar-refractivity contribution in [3.63, 3.8) is 0 Å². The Morgan fingerprint density at radius 2 is 2.33 bits per heavy atom. The lowest BCUT2D eigenvalue weighted by atomic mass is 10.1. The van der Waals surface area contributed by atoms with Gasteiger partial charge in [0.15, 0.2) is 0 Å². The largest absolute Gasteiger partial charge is 0.371 e. The predicted octanol–water partition coefficient (Wildman–Crippen LogP) is -0.460. The van der Waals surface area contributed by atoms with Crippen molar-refractivity contribution in [3.8, 4) is 0 Å². The summed E-state index contributed by atoms with van der Waals surface area (Å²) in [6.45, 7) is 0.216. The molecule has 0 spiro atoms. The molecule has 0 bridgehead atoms. The molecule has 2 nitrogen and oxygen atoms in total. The third-order valence-corrected chi connectivity index (χ3v) is 0.353. The molecule has 3 heteroatoms. The Bertz CT molecular complexity index is 20.8. The molecule has 6 heavy (non-hydrogen) atoms. The summed E-state index contributed by atoms with van der Waals surface area (Å²) in [4.78, 5) is 0. The van der Waals surface area contributed by atoms with E-state index < -0.39 is 0 Å².